The lowest BCUT2D eigenvalue weighted by Gasteiger charge is -2.31. The molecule has 3 N–H and O–H groups in total. The number of rotatable bonds is 5. The van der Waals surface area contributed by atoms with Gasteiger partial charge in [0.25, 0.3) is 0 Å². The number of ether oxygens (including phenoxy) is 1. The van der Waals surface area contributed by atoms with Crippen molar-refractivity contribution in [3.8, 4) is 0 Å². The highest BCUT2D eigenvalue weighted by Crippen LogP contribution is 2.49. The molecule has 0 fully saturated rings. The Balaban J connectivity index is 0. The van der Waals surface area contributed by atoms with Gasteiger partial charge in [-0.25, -0.2) is 13.6 Å². The zero-order chi connectivity index (χ0) is 15.9. The molecular weight excluding hydrogens is 326 g/mol. The van der Waals surface area contributed by atoms with Gasteiger partial charge in [-0.05, 0) is 0 Å². The van der Waals surface area contributed by atoms with Gasteiger partial charge in [0.15, 0.2) is 0 Å². The van der Waals surface area contributed by atoms with E-state index < -0.39 is 36.5 Å². The highest BCUT2D eigenvalue weighted by molar-refractivity contribution is 5.76. The summed E-state index contributed by atoms with van der Waals surface area (Å²) in [7, 11) is 0. The number of aliphatic carboxylic acids is 1. The van der Waals surface area contributed by atoms with Crippen LogP contribution in [0.4, 0.5) is 43.9 Å². The van der Waals surface area contributed by atoms with Gasteiger partial charge < -0.3 is 10.6 Å². The summed E-state index contributed by atoms with van der Waals surface area (Å²) in [5.41, 5.74) is 0. The molecule has 4 nitrogen and oxygen atoms in total. The van der Waals surface area contributed by atoms with Crippen LogP contribution in [0.3, 0.4) is 0 Å². The van der Waals surface area contributed by atoms with Crippen molar-refractivity contribution < 1.29 is 64.0 Å². The van der Waals surface area contributed by atoms with Crippen LogP contribution in [-0.4, -0.2) is 47.0 Å². The van der Waals surface area contributed by atoms with Crippen LogP contribution >= 0.6 is 0 Å². The van der Waals surface area contributed by atoms with E-state index >= 15 is 0 Å². The predicted octanol–water partition coefficient (Wildman–Crippen LogP) is 1.98. The van der Waals surface area contributed by atoms with Crippen molar-refractivity contribution in [2.75, 3.05) is 0 Å². The van der Waals surface area contributed by atoms with Gasteiger partial charge in [0.05, 0.1) is 0 Å². The maximum absolute atomic E-state index is 12.7. The van der Waals surface area contributed by atoms with E-state index in [-0.39, 0.29) is 5.48 Å². The second kappa shape index (κ2) is 5.59. The van der Waals surface area contributed by atoms with Crippen LogP contribution in [0.25, 0.3) is 0 Å². The fourth-order valence-electron chi connectivity index (χ4n) is 0.597. The first-order valence-electron chi connectivity index (χ1n) is 3.82. The molecule has 0 saturated carbocycles. The van der Waals surface area contributed by atoms with Gasteiger partial charge in [-0.1, -0.05) is 0 Å². The molecule has 20 heavy (non-hydrogen) atoms. The zero-order valence-corrected chi connectivity index (χ0v) is 8.62. The summed E-state index contributed by atoms with van der Waals surface area (Å²) >= 11 is 0. The molecule has 0 rings (SSSR count). The third-order valence-corrected chi connectivity index (χ3v) is 1.57. The molecule has 0 aromatic heterocycles. The second-order valence-electron chi connectivity index (χ2n) is 2.94. The minimum absolute atomic E-state index is 0. The Hall–Kier alpha value is -1.31. The fraction of sp³-hybridized carbons (Fsp3) is 0.833. The Morgan fingerprint density at radius 1 is 0.950 bits per heavy atom. The number of halogens is 10. The van der Waals surface area contributed by atoms with Crippen LogP contribution < -0.4 is 0 Å². The number of alkyl halides is 10. The summed E-state index contributed by atoms with van der Waals surface area (Å²) in [6.45, 7) is 0. The van der Waals surface area contributed by atoms with Crippen LogP contribution in [0.15, 0.2) is 0 Å². The Kier molecular flexibility index (Phi) is 5.87. The van der Waals surface area contributed by atoms with E-state index in [2.05, 4.69) is 0 Å². The average Bonchev–Trinajstić information content (AvgIpc) is 2.13. The normalized spacial score (nSPS) is 16.6. The van der Waals surface area contributed by atoms with Crippen molar-refractivity contribution in [3.63, 3.8) is 0 Å². The van der Waals surface area contributed by atoms with Gasteiger partial charge in [-0.3, -0.25) is 4.74 Å². The fourth-order valence-corrected chi connectivity index (χ4v) is 0.597. The molecule has 0 aliphatic heterocycles. The van der Waals surface area contributed by atoms with Gasteiger partial charge >= 0.3 is 36.5 Å². The molecule has 1 unspecified atom stereocenters. The van der Waals surface area contributed by atoms with E-state index in [1.807, 2.05) is 4.74 Å². The summed E-state index contributed by atoms with van der Waals surface area (Å²) in [5, 5.41) is 7.80. The van der Waals surface area contributed by atoms with Crippen molar-refractivity contribution in [1.29, 1.82) is 0 Å². The SMILES string of the molecule is O.O=C(O)C(F)(OC(F)(F)C(F)(F)C(F)(F)F)C(F)F. The minimum Gasteiger partial charge on any atom is -0.477 e. The second-order valence-corrected chi connectivity index (χ2v) is 2.94. The molecule has 0 bridgehead atoms. The van der Waals surface area contributed by atoms with Crippen LogP contribution in [0, 0.1) is 0 Å². The first-order chi connectivity index (χ1) is 8.09. The molecule has 1 atom stereocenters. The summed E-state index contributed by atoms with van der Waals surface area (Å²) < 4.78 is 122. The number of carboxylic acids is 1. The Labute approximate surface area is 102 Å². The molecule has 14 heteroatoms. The topological polar surface area (TPSA) is 78.0 Å². The van der Waals surface area contributed by atoms with Gasteiger partial charge in [-0.2, -0.15) is 35.1 Å². The van der Waals surface area contributed by atoms with Crippen molar-refractivity contribution in [2.24, 2.45) is 0 Å². The summed E-state index contributed by atoms with van der Waals surface area (Å²) in [5.74, 6) is -16.3. The number of carbonyl (C=O) groups is 1. The van der Waals surface area contributed by atoms with Crippen LogP contribution in [0.5, 0.6) is 0 Å². The molecule has 122 valence electrons. The third-order valence-electron chi connectivity index (χ3n) is 1.57. The molecule has 0 aromatic carbocycles. The maximum Gasteiger partial charge on any atom is 0.462 e. The first-order valence-corrected chi connectivity index (χ1v) is 3.82. The van der Waals surface area contributed by atoms with Crippen LogP contribution in [0.2, 0.25) is 0 Å². The van der Waals surface area contributed by atoms with Gasteiger partial charge in [0, 0.05) is 0 Å². The molecule has 0 spiro atoms. The molecule has 0 amide bonds. The van der Waals surface area contributed by atoms with E-state index in [1.54, 1.807) is 0 Å². The maximum atomic E-state index is 12.7. The van der Waals surface area contributed by atoms with Gasteiger partial charge in [-0.15, -0.1) is 0 Å². The lowest BCUT2D eigenvalue weighted by molar-refractivity contribution is -0.457. The standard InChI is InChI=1S/C6H2F10O3.H2O/c7-1(8)3(9,2(17)18)19-6(15,16)4(10,11)5(12,13)14;/h1H,(H,17,18);1H2. The summed E-state index contributed by atoms with van der Waals surface area (Å²) in [6, 6.07) is 0. The molecule has 0 radical (unpaired) electrons. The Bertz CT molecular complexity index is 352. The average molecular weight is 330 g/mol. The number of carboxylic acid groups (broad SMARTS) is 1. The highest BCUT2D eigenvalue weighted by Gasteiger charge is 2.77. The largest absolute Gasteiger partial charge is 0.477 e. The molecule has 0 aliphatic carbocycles. The minimum atomic E-state index is -7.08. The van der Waals surface area contributed by atoms with Crippen molar-refractivity contribution in [1.82, 2.24) is 0 Å². The van der Waals surface area contributed by atoms with Crippen molar-refractivity contribution in [3.05, 3.63) is 0 Å². The monoisotopic (exact) mass is 330 g/mol. The van der Waals surface area contributed by atoms with E-state index in [4.69, 9.17) is 5.11 Å². The van der Waals surface area contributed by atoms with E-state index in [0.29, 0.717) is 0 Å². The van der Waals surface area contributed by atoms with E-state index in [9.17, 15) is 48.7 Å². The quantitative estimate of drug-likeness (QED) is 0.783. The van der Waals surface area contributed by atoms with Crippen molar-refractivity contribution >= 4 is 5.97 Å². The van der Waals surface area contributed by atoms with Crippen LogP contribution in [0.1, 0.15) is 0 Å². The summed E-state index contributed by atoms with van der Waals surface area (Å²) in [6.07, 6.45) is -18.8. The van der Waals surface area contributed by atoms with Crippen LogP contribution in [-0.2, 0) is 9.53 Å². The van der Waals surface area contributed by atoms with Gasteiger partial charge in [0.1, 0.15) is 0 Å². The lowest BCUT2D eigenvalue weighted by atomic mass is 10.2. The third kappa shape index (κ3) is 3.41. The molecule has 0 aromatic rings. The van der Waals surface area contributed by atoms with E-state index in [1.165, 1.54) is 0 Å². The molecule has 0 aliphatic rings. The smallest absolute Gasteiger partial charge is 0.462 e. The highest BCUT2D eigenvalue weighted by atomic mass is 19.4. The predicted molar refractivity (Wildman–Crippen MR) is 38.1 cm³/mol. The Morgan fingerprint density at radius 2 is 1.30 bits per heavy atom. The first kappa shape index (κ1) is 21.0. The Morgan fingerprint density at radius 3 is 1.50 bits per heavy atom. The zero-order valence-electron chi connectivity index (χ0n) is 8.62. The summed E-state index contributed by atoms with van der Waals surface area (Å²) in [4.78, 5) is 9.88. The lowest BCUT2D eigenvalue weighted by Crippen LogP contribution is -2.59. The van der Waals surface area contributed by atoms with E-state index in [0.717, 1.165) is 0 Å². The molecule has 0 heterocycles. The van der Waals surface area contributed by atoms with Crippen molar-refractivity contribution in [2.45, 2.75) is 30.5 Å². The van der Waals surface area contributed by atoms with Gasteiger partial charge in [0.2, 0.25) is 0 Å². The molecule has 0 saturated heterocycles. The number of hydrogen-bond acceptors (Lipinski definition) is 2. The number of hydrogen-bond donors (Lipinski definition) is 1. The molecular formula is C6H4F10O4.